The van der Waals surface area contributed by atoms with Gasteiger partial charge in [-0.25, -0.2) is 15.3 Å². The molecule has 78 valence electrons. The minimum absolute atomic E-state index is 0.115. The molecule has 1 N–H and O–H groups in total. The van der Waals surface area contributed by atoms with E-state index in [2.05, 4.69) is 21.1 Å². The van der Waals surface area contributed by atoms with E-state index in [4.69, 9.17) is 11.3 Å². The van der Waals surface area contributed by atoms with Crippen molar-refractivity contribution >= 4 is 11.8 Å². The van der Waals surface area contributed by atoms with E-state index < -0.39 is 5.97 Å². The Morgan fingerprint density at radius 3 is 3.20 bits per heavy atom. The van der Waals surface area contributed by atoms with E-state index in [1.807, 2.05) is 0 Å². The van der Waals surface area contributed by atoms with Gasteiger partial charge in [-0.3, -0.25) is 4.84 Å². The molecule has 0 unspecified atom stereocenters. The Hall–Kier alpha value is -2.06. The maximum Gasteiger partial charge on any atom is 0.338 e. The second kappa shape index (κ2) is 5.62. The summed E-state index contributed by atoms with van der Waals surface area (Å²) in [6.45, 7) is 0.115. The van der Waals surface area contributed by atoms with Gasteiger partial charge >= 0.3 is 5.97 Å². The number of carbonyl (C=O) groups excluding carboxylic acids is 1. The van der Waals surface area contributed by atoms with Crippen LogP contribution in [0.1, 0.15) is 10.4 Å². The van der Waals surface area contributed by atoms with Crippen molar-refractivity contribution in [1.29, 1.82) is 0 Å². The lowest BCUT2D eigenvalue weighted by Gasteiger charge is -2.04. The smallest absolute Gasteiger partial charge is 0.338 e. The normalized spacial score (nSPS) is 9.07. The van der Waals surface area contributed by atoms with Gasteiger partial charge in [0.2, 0.25) is 0 Å². The first-order valence-corrected chi connectivity index (χ1v) is 4.13. The van der Waals surface area contributed by atoms with Crippen molar-refractivity contribution in [2.75, 3.05) is 19.2 Å². The van der Waals surface area contributed by atoms with Crippen LogP contribution in [-0.2, 0) is 9.57 Å². The number of pyridine rings is 1. The number of carbonyl (C=O) groups is 1. The van der Waals surface area contributed by atoms with Crippen LogP contribution >= 0.6 is 0 Å². The Morgan fingerprint density at radius 2 is 2.53 bits per heavy atom. The number of rotatable bonds is 4. The number of hydrogen-bond acceptors (Lipinski definition) is 5. The van der Waals surface area contributed by atoms with Crippen molar-refractivity contribution in [2.45, 2.75) is 0 Å². The van der Waals surface area contributed by atoms with Gasteiger partial charge in [0, 0.05) is 6.20 Å². The molecule has 5 nitrogen and oxygen atoms in total. The number of ether oxygens (including phenoxy) is 1. The first kappa shape index (κ1) is 11.0. The Balaban J connectivity index is 2.66. The van der Waals surface area contributed by atoms with Crippen LogP contribution < -0.4 is 5.48 Å². The fourth-order valence-corrected chi connectivity index (χ4v) is 0.883. The predicted molar refractivity (Wildman–Crippen MR) is 54.0 cm³/mol. The van der Waals surface area contributed by atoms with E-state index in [0.717, 1.165) is 0 Å². The van der Waals surface area contributed by atoms with Crippen molar-refractivity contribution in [3.63, 3.8) is 0 Å². The van der Waals surface area contributed by atoms with Gasteiger partial charge in [0.1, 0.15) is 12.4 Å². The van der Waals surface area contributed by atoms with Crippen LogP contribution in [0.2, 0.25) is 0 Å². The zero-order valence-corrected chi connectivity index (χ0v) is 8.19. The minimum atomic E-state index is -0.433. The third kappa shape index (κ3) is 3.29. The molecule has 0 saturated carbocycles. The SMILES string of the molecule is C#CCONc1cc(C(=O)OC)ccn1. The molecule has 0 aliphatic carbocycles. The molecule has 0 aliphatic rings. The van der Waals surface area contributed by atoms with Crippen LogP contribution in [0.4, 0.5) is 5.82 Å². The van der Waals surface area contributed by atoms with Crippen molar-refractivity contribution in [3.8, 4) is 12.3 Å². The second-order valence-corrected chi connectivity index (χ2v) is 2.52. The molecule has 0 spiro atoms. The molecule has 0 fully saturated rings. The second-order valence-electron chi connectivity index (χ2n) is 2.52. The zero-order chi connectivity index (χ0) is 11.1. The van der Waals surface area contributed by atoms with E-state index in [9.17, 15) is 4.79 Å². The Kier molecular flexibility index (Phi) is 4.13. The largest absolute Gasteiger partial charge is 0.465 e. The maximum atomic E-state index is 11.1. The summed E-state index contributed by atoms with van der Waals surface area (Å²) in [4.78, 5) is 19.9. The first-order valence-electron chi connectivity index (χ1n) is 4.13. The van der Waals surface area contributed by atoms with E-state index in [1.54, 1.807) is 0 Å². The summed E-state index contributed by atoms with van der Waals surface area (Å²) < 4.78 is 4.55. The third-order valence-corrected chi connectivity index (χ3v) is 1.51. The summed E-state index contributed by atoms with van der Waals surface area (Å²) in [6.07, 6.45) is 6.45. The summed E-state index contributed by atoms with van der Waals surface area (Å²) in [5.74, 6) is 2.25. The number of methoxy groups -OCH3 is 1. The summed E-state index contributed by atoms with van der Waals surface area (Å²) in [7, 11) is 1.31. The van der Waals surface area contributed by atoms with Crippen molar-refractivity contribution in [3.05, 3.63) is 23.9 Å². The van der Waals surface area contributed by atoms with Gasteiger partial charge in [0.05, 0.1) is 12.7 Å². The van der Waals surface area contributed by atoms with Gasteiger partial charge in [0.25, 0.3) is 0 Å². The maximum absolute atomic E-state index is 11.1. The molecule has 15 heavy (non-hydrogen) atoms. The Labute approximate surface area is 87.4 Å². The number of nitrogens with one attached hydrogen (secondary N) is 1. The molecule has 1 aromatic rings. The lowest BCUT2D eigenvalue weighted by Crippen LogP contribution is -2.06. The van der Waals surface area contributed by atoms with Gasteiger partial charge in [0.15, 0.2) is 0 Å². The molecule has 0 radical (unpaired) electrons. The Bertz CT molecular complexity index is 384. The molecule has 0 bridgehead atoms. The average Bonchev–Trinajstić information content (AvgIpc) is 2.29. The lowest BCUT2D eigenvalue weighted by molar-refractivity contribution is 0.0600. The molecule has 0 atom stereocenters. The molecular formula is C10H10N2O3. The number of esters is 1. The number of hydrogen-bond donors (Lipinski definition) is 1. The number of aromatic nitrogens is 1. The van der Waals surface area contributed by atoms with Gasteiger partial charge in [-0.05, 0) is 12.1 Å². The highest BCUT2D eigenvalue weighted by atomic mass is 16.6. The molecule has 0 amide bonds. The summed E-state index contributed by atoms with van der Waals surface area (Å²) >= 11 is 0. The summed E-state index contributed by atoms with van der Waals surface area (Å²) in [5.41, 5.74) is 2.89. The van der Waals surface area contributed by atoms with Crippen LogP contribution in [0, 0.1) is 12.3 Å². The standard InChI is InChI=1S/C10H10N2O3/c1-3-6-15-12-9-7-8(4-5-11-9)10(13)14-2/h1,4-5,7H,6H2,2H3,(H,11,12). The van der Waals surface area contributed by atoms with Crippen LogP contribution in [0.3, 0.4) is 0 Å². The molecular weight excluding hydrogens is 196 g/mol. The van der Waals surface area contributed by atoms with Gasteiger partial charge in [-0.15, -0.1) is 6.42 Å². The summed E-state index contributed by atoms with van der Waals surface area (Å²) in [5, 5.41) is 0. The van der Waals surface area contributed by atoms with Crippen molar-refractivity contribution in [2.24, 2.45) is 0 Å². The van der Waals surface area contributed by atoms with Crippen molar-refractivity contribution < 1.29 is 14.4 Å². The van der Waals surface area contributed by atoms with Crippen LogP contribution in [-0.4, -0.2) is 24.7 Å². The zero-order valence-electron chi connectivity index (χ0n) is 8.19. The molecule has 5 heteroatoms. The third-order valence-electron chi connectivity index (χ3n) is 1.51. The van der Waals surface area contributed by atoms with Gasteiger partial charge < -0.3 is 4.74 Å². The average molecular weight is 206 g/mol. The highest BCUT2D eigenvalue weighted by Crippen LogP contribution is 2.07. The van der Waals surface area contributed by atoms with E-state index in [0.29, 0.717) is 11.4 Å². The van der Waals surface area contributed by atoms with Crippen LogP contribution in [0.15, 0.2) is 18.3 Å². The molecule has 0 saturated heterocycles. The minimum Gasteiger partial charge on any atom is -0.465 e. The fourth-order valence-electron chi connectivity index (χ4n) is 0.883. The van der Waals surface area contributed by atoms with E-state index in [-0.39, 0.29) is 6.61 Å². The predicted octanol–water partition coefficient (Wildman–Crippen LogP) is 0.845. The number of nitrogens with zero attached hydrogens (tertiary/aromatic N) is 1. The monoisotopic (exact) mass is 206 g/mol. The molecule has 1 aromatic heterocycles. The number of terminal acetylenes is 1. The van der Waals surface area contributed by atoms with Gasteiger partial charge in [-0.2, -0.15) is 0 Å². The topological polar surface area (TPSA) is 60.5 Å². The highest BCUT2D eigenvalue weighted by molar-refractivity contribution is 5.89. The highest BCUT2D eigenvalue weighted by Gasteiger charge is 2.05. The van der Waals surface area contributed by atoms with E-state index >= 15 is 0 Å². The first-order chi connectivity index (χ1) is 7.27. The quantitative estimate of drug-likeness (QED) is 0.342. The van der Waals surface area contributed by atoms with Gasteiger partial charge in [-0.1, -0.05) is 5.92 Å². The summed E-state index contributed by atoms with van der Waals surface area (Å²) in [6, 6.07) is 3.04. The lowest BCUT2D eigenvalue weighted by atomic mass is 10.3. The van der Waals surface area contributed by atoms with E-state index in [1.165, 1.54) is 25.4 Å². The molecule has 0 aromatic carbocycles. The Morgan fingerprint density at radius 1 is 1.73 bits per heavy atom. The molecule has 1 rings (SSSR count). The van der Waals surface area contributed by atoms with Crippen LogP contribution in [0.25, 0.3) is 0 Å². The van der Waals surface area contributed by atoms with Crippen molar-refractivity contribution in [1.82, 2.24) is 4.98 Å². The molecule has 1 heterocycles. The van der Waals surface area contributed by atoms with Crippen LogP contribution in [0.5, 0.6) is 0 Å². The number of anilines is 1. The molecule has 0 aliphatic heterocycles. The fraction of sp³-hybridized carbons (Fsp3) is 0.200.